The molecule has 0 unspecified atom stereocenters. The van der Waals surface area contributed by atoms with Gasteiger partial charge in [0.1, 0.15) is 0 Å². The zero-order valence-corrected chi connectivity index (χ0v) is 16.2. The van der Waals surface area contributed by atoms with E-state index in [2.05, 4.69) is 31.4 Å². The Morgan fingerprint density at radius 3 is 2.64 bits per heavy atom. The van der Waals surface area contributed by atoms with Gasteiger partial charge < -0.3 is 9.73 Å². The largest absolute Gasteiger partial charge is 0.446 e. The van der Waals surface area contributed by atoms with Crippen LogP contribution < -0.4 is 5.32 Å². The molecule has 0 fully saturated rings. The molecule has 0 aliphatic rings. The summed E-state index contributed by atoms with van der Waals surface area (Å²) in [6, 6.07) is 11.3. The average molecular weight is 421 g/mol. The summed E-state index contributed by atoms with van der Waals surface area (Å²) in [5, 5.41) is 11.9. The van der Waals surface area contributed by atoms with E-state index in [9.17, 15) is 4.79 Å². The van der Waals surface area contributed by atoms with Gasteiger partial charge in [0.2, 0.25) is 11.7 Å². The van der Waals surface area contributed by atoms with E-state index < -0.39 is 0 Å². The van der Waals surface area contributed by atoms with Crippen LogP contribution in [0.4, 0.5) is 5.69 Å². The standard InChI is InChI=1S/C17H17BrN4O2S/c1-3-22-16(13-8-9-14(18)24-13)20-21-17(22)25-10-15(23)19-12-6-4-11(2)5-7-12/h4-9H,3,10H2,1-2H3,(H,19,23). The Morgan fingerprint density at radius 1 is 1.24 bits per heavy atom. The van der Waals surface area contributed by atoms with Gasteiger partial charge in [-0.3, -0.25) is 9.36 Å². The first-order valence-electron chi connectivity index (χ1n) is 7.75. The molecular formula is C17H17BrN4O2S. The Bertz CT molecular complexity index is 873. The first kappa shape index (κ1) is 17.8. The molecule has 8 heteroatoms. The van der Waals surface area contributed by atoms with E-state index >= 15 is 0 Å². The number of amides is 1. The Balaban J connectivity index is 1.66. The molecule has 2 heterocycles. The number of carbonyl (C=O) groups is 1. The Hall–Kier alpha value is -2.06. The van der Waals surface area contributed by atoms with Crippen LogP contribution in [0.15, 0.2) is 50.6 Å². The van der Waals surface area contributed by atoms with Crippen molar-refractivity contribution in [3.63, 3.8) is 0 Å². The summed E-state index contributed by atoms with van der Waals surface area (Å²) in [4.78, 5) is 12.1. The summed E-state index contributed by atoms with van der Waals surface area (Å²) < 4.78 is 8.11. The van der Waals surface area contributed by atoms with Crippen molar-refractivity contribution in [1.82, 2.24) is 14.8 Å². The molecule has 0 saturated heterocycles. The van der Waals surface area contributed by atoms with Gasteiger partial charge in [-0.2, -0.15) is 0 Å². The highest BCUT2D eigenvalue weighted by atomic mass is 79.9. The molecule has 1 N–H and O–H groups in total. The number of thioether (sulfide) groups is 1. The second kappa shape index (κ2) is 7.88. The van der Waals surface area contributed by atoms with Gasteiger partial charge in [-0.15, -0.1) is 10.2 Å². The third-order valence-corrected chi connectivity index (χ3v) is 4.89. The molecule has 3 rings (SSSR count). The molecule has 130 valence electrons. The summed E-state index contributed by atoms with van der Waals surface area (Å²) in [6.07, 6.45) is 0. The summed E-state index contributed by atoms with van der Waals surface area (Å²) >= 11 is 4.63. The van der Waals surface area contributed by atoms with Crippen molar-refractivity contribution < 1.29 is 9.21 Å². The lowest BCUT2D eigenvalue weighted by atomic mass is 10.2. The van der Waals surface area contributed by atoms with Gasteiger partial charge in [0, 0.05) is 12.2 Å². The third-order valence-electron chi connectivity index (χ3n) is 3.49. The number of hydrogen-bond acceptors (Lipinski definition) is 5. The number of hydrogen-bond donors (Lipinski definition) is 1. The Kier molecular flexibility index (Phi) is 5.60. The number of nitrogens with zero attached hydrogens (tertiary/aromatic N) is 3. The van der Waals surface area contributed by atoms with E-state index in [1.54, 1.807) is 0 Å². The fourth-order valence-corrected chi connectivity index (χ4v) is 3.37. The first-order valence-corrected chi connectivity index (χ1v) is 9.53. The first-order chi connectivity index (χ1) is 12.1. The molecule has 0 saturated carbocycles. The van der Waals surface area contributed by atoms with E-state index in [4.69, 9.17) is 4.42 Å². The molecule has 3 aromatic rings. The predicted octanol–water partition coefficient (Wildman–Crippen LogP) is 4.36. The molecule has 0 atom stereocenters. The summed E-state index contributed by atoms with van der Waals surface area (Å²) in [6.45, 7) is 4.69. The maximum atomic E-state index is 12.1. The van der Waals surface area contributed by atoms with Gasteiger partial charge in [-0.1, -0.05) is 29.5 Å². The van der Waals surface area contributed by atoms with Crippen molar-refractivity contribution >= 4 is 39.3 Å². The maximum Gasteiger partial charge on any atom is 0.234 e. The molecule has 0 aliphatic carbocycles. The molecule has 0 aliphatic heterocycles. The van der Waals surface area contributed by atoms with E-state index in [0.717, 1.165) is 11.3 Å². The molecule has 2 aromatic heterocycles. The fraction of sp³-hybridized carbons (Fsp3) is 0.235. The summed E-state index contributed by atoms with van der Waals surface area (Å²) in [5.74, 6) is 1.46. The quantitative estimate of drug-likeness (QED) is 0.599. The highest BCUT2D eigenvalue weighted by molar-refractivity contribution is 9.10. The molecule has 25 heavy (non-hydrogen) atoms. The molecule has 1 amide bonds. The molecule has 0 spiro atoms. The summed E-state index contributed by atoms with van der Waals surface area (Å²) in [7, 11) is 0. The van der Waals surface area contributed by atoms with Crippen LogP contribution in [0.25, 0.3) is 11.6 Å². The normalized spacial score (nSPS) is 10.8. The Morgan fingerprint density at radius 2 is 2.00 bits per heavy atom. The minimum Gasteiger partial charge on any atom is -0.446 e. The van der Waals surface area contributed by atoms with Gasteiger partial charge in [0.15, 0.2) is 15.6 Å². The number of aryl methyl sites for hydroxylation is 1. The number of halogens is 1. The van der Waals surface area contributed by atoms with Crippen molar-refractivity contribution in [2.45, 2.75) is 25.5 Å². The van der Waals surface area contributed by atoms with E-state index in [1.165, 1.54) is 11.8 Å². The second-order valence-electron chi connectivity index (χ2n) is 5.36. The summed E-state index contributed by atoms with van der Waals surface area (Å²) in [5.41, 5.74) is 1.94. The van der Waals surface area contributed by atoms with Crippen LogP contribution in [-0.2, 0) is 11.3 Å². The van der Waals surface area contributed by atoms with Gasteiger partial charge >= 0.3 is 0 Å². The fourth-order valence-electron chi connectivity index (χ4n) is 2.26. The van der Waals surface area contributed by atoms with Crippen molar-refractivity contribution in [2.75, 3.05) is 11.1 Å². The smallest absolute Gasteiger partial charge is 0.234 e. The number of nitrogens with one attached hydrogen (secondary N) is 1. The molecule has 0 radical (unpaired) electrons. The van der Waals surface area contributed by atoms with Crippen LogP contribution in [0.3, 0.4) is 0 Å². The van der Waals surface area contributed by atoms with Crippen LogP contribution in [0.2, 0.25) is 0 Å². The van der Waals surface area contributed by atoms with Gasteiger partial charge in [-0.05, 0) is 54.0 Å². The SMILES string of the molecule is CCn1c(SCC(=O)Nc2ccc(C)cc2)nnc1-c1ccc(Br)o1. The van der Waals surface area contributed by atoms with Crippen molar-refractivity contribution in [1.29, 1.82) is 0 Å². The van der Waals surface area contributed by atoms with E-state index in [1.807, 2.05) is 54.8 Å². The Labute approximate surface area is 158 Å². The number of furan rings is 1. The number of carbonyl (C=O) groups excluding carboxylic acids is 1. The molecule has 0 bridgehead atoms. The average Bonchev–Trinajstić information content (AvgIpc) is 3.20. The van der Waals surface area contributed by atoms with Crippen molar-refractivity contribution in [3.8, 4) is 11.6 Å². The number of benzene rings is 1. The van der Waals surface area contributed by atoms with Crippen molar-refractivity contribution in [3.05, 3.63) is 46.6 Å². The third kappa shape index (κ3) is 4.32. The minimum absolute atomic E-state index is 0.0817. The lowest BCUT2D eigenvalue weighted by Gasteiger charge is -2.07. The van der Waals surface area contributed by atoms with Gasteiger partial charge in [0.25, 0.3) is 0 Å². The van der Waals surface area contributed by atoms with Crippen LogP contribution in [0.1, 0.15) is 12.5 Å². The number of anilines is 1. The number of rotatable bonds is 6. The molecule has 6 nitrogen and oxygen atoms in total. The lowest BCUT2D eigenvalue weighted by molar-refractivity contribution is -0.113. The monoisotopic (exact) mass is 420 g/mol. The van der Waals surface area contributed by atoms with Crippen molar-refractivity contribution in [2.24, 2.45) is 0 Å². The van der Waals surface area contributed by atoms with E-state index in [-0.39, 0.29) is 11.7 Å². The van der Waals surface area contributed by atoms with Crippen LogP contribution in [0.5, 0.6) is 0 Å². The zero-order chi connectivity index (χ0) is 17.8. The zero-order valence-electron chi connectivity index (χ0n) is 13.8. The highest BCUT2D eigenvalue weighted by Crippen LogP contribution is 2.27. The van der Waals surface area contributed by atoms with Crippen LogP contribution in [0, 0.1) is 6.92 Å². The number of aromatic nitrogens is 3. The van der Waals surface area contributed by atoms with E-state index in [0.29, 0.717) is 28.0 Å². The second-order valence-corrected chi connectivity index (χ2v) is 7.08. The molecule has 1 aromatic carbocycles. The van der Waals surface area contributed by atoms with Crippen LogP contribution in [-0.4, -0.2) is 26.4 Å². The topological polar surface area (TPSA) is 73.0 Å². The molecular weight excluding hydrogens is 404 g/mol. The predicted molar refractivity (Wildman–Crippen MR) is 102 cm³/mol. The maximum absolute atomic E-state index is 12.1. The van der Waals surface area contributed by atoms with Gasteiger partial charge in [0.05, 0.1) is 5.75 Å². The minimum atomic E-state index is -0.0817. The highest BCUT2D eigenvalue weighted by Gasteiger charge is 2.17. The van der Waals surface area contributed by atoms with Crippen LogP contribution >= 0.6 is 27.7 Å². The lowest BCUT2D eigenvalue weighted by Crippen LogP contribution is -2.14. The van der Waals surface area contributed by atoms with Gasteiger partial charge in [-0.25, -0.2) is 0 Å².